The lowest BCUT2D eigenvalue weighted by Crippen LogP contribution is -2.29. The number of benzene rings is 1. The second-order valence-electron chi connectivity index (χ2n) is 4.43. The Hall–Kier alpha value is -1.11. The minimum Gasteiger partial charge on any atom is -0.497 e. The second kappa shape index (κ2) is 6.36. The summed E-state index contributed by atoms with van der Waals surface area (Å²) in [6, 6.07) is 5.40. The van der Waals surface area contributed by atoms with Crippen LogP contribution in [0.1, 0.15) is 12.8 Å². The molecule has 2 rings (SSSR count). The van der Waals surface area contributed by atoms with Gasteiger partial charge >= 0.3 is 0 Å². The molecular formula is C13H17BrN2O3. The highest BCUT2D eigenvalue weighted by atomic mass is 79.9. The van der Waals surface area contributed by atoms with E-state index in [1.54, 1.807) is 13.2 Å². The standard InChI is InChI=1S/C13H17BrN2O3/c1-18-11-5-8(14)4-9(6-11)16-13(17)12-3-2-10(7-15)19-12/h4-6,10,12H,2-3,7,15H2,1H3,(H,16,17). The Labute approximate surface area is 120 Å². The number of methoxy groups -OCH3 is 1. The van der Waals surface area contributed by atoms with E-state index in [1.165, 1.54) is 0 Å². The second-order valence-corrected chi connectivity index (χ2v) is 5.34. The van der Waals surface area contributed by atoms with Crippen molar-refractivity contribution in [3.8, 4) is 5.75 Å². The largest absolute Gasteiger partial charge is 0.497 e. The van der Waals surface area contributed by atoms with E-state index in [9.17, 15) is 4.79 Å². The van der Waals surface area contributed by atoms with Gasteiger partial charge in [0.1, 0.15) is 11.9 Å². The minimum absolute atomic E-state index is 0.00667. The number of nitrogens with two attached hydrogens (primary N) is 1. The molecule has 1 heterocycles. The summed E-state index contributed by atoms with van der Waals surface area (Å²) in [6.45, 7) is 0.453. The van der Waals surface area contributed by atoms with Crippen LogP contribution in [0.25, 0.3) is 0 Å². The van der Waals surface area contributed by atoms with Gasteiger partial charge in [0, 0.05) is 22.8 Å². The van der Waals surface area contributed by atoms with Crippen LogP contribution in [0, 0.1) is 0 Å². The fourth-order valence-corrected chi connectivity index (χ4v) is 2.52. The maximum absolute atomic E-state index is 12.1. The van der Waals surface area contributed by atoms with E-state index in [4.69, 9.17) is 15.2 Å². The van der Waals surface area contributed by atoms with Crippen molar-refractivity contribution in [2.24, 2.45) is 5.73 Å². The Balaban J connectivity index is 2.01. The maximum atomic E-state index is 12.1. The minimum atomic E-state index is -0.418. The normalized spacial score (nSPS) is 22.3. The summed E-state index contributed by atoms with van der Waals surface area (Å²) in [5.74, 6) is 0.535. The molecule has 0 aliphatic carbocycles. The molecule has 3 N–H and O–H groups in total. The van der Waals surface area contributed by atoms with Gasteiger partial charge in [0.15, 0.2) is 0 Å². The number of amides is 1. The molecule has 6 heteroatoms. The van der Waals surface area contributed by atoms with Gasteiger partial charge in [-0.25, -0.2) is 0 Å². The van der Waals surface area contributed by atoms with E-state index in [-0.39, 0.29) is 12.0 Å². The summed E-state index contributed by atoms with van der Waals surface area (Å²) in [5, 5.41) is 2.83. The SMILES string of the molecule is COc1cc(Br)cc(NC(=O)C2CCC(CN)O2)c1. The van der Waals surface area contributed by atoms with Crippen LogP contribution in [0.2, 0.25) is 0 Å². The Kier molecular flexibility index (Phi) is 4.79. The number of carbonyl (C=O) groups excluding carboxylic acids is 1. The number of hydrogen-bond donors (Lipinski definition) is 2. The molecule has 1 amide bonds. The third-order valence-corrected chi connectivity index (χ3v) is 3.50. The molecule has 1 aliphatic heterocycles. The summed E-state index contributed by atoms with van der Waals surface area (Å²) in [5.41, 5.74) is 6.20. The predicted molar refractivity (Wildman–Crippen MR) is 76.3 cm³/mol. The van der Waals surface area contributed by atoms with Crippen molar-refractivity contribution < 1.29 is 14.3 Å². The first-order valence-corrected chi connectivity index (χ1v) is 6.92. The molecule has 0 radical (unpaired) electrons. The first-order valence-electron chi connectivity index (χ1n) is 6.13. The predicted octanol–water partition coefficient (Wildman–Crippen LogP) is 1.90. The Bertz CT molecular complexity index is 467. The van der Waals surface area contributed by atoms with Crippen molar-refractivity contribution in [3.05, 3.63) is 22.7 Å². The topological polar surface area (TPSA) is 73.6 Å². The number of carbonyl (C=O) groups is 1. The molecule has 0 spiro atoms. The highest BCUT2D eigenvalue weighted by Gasteiger charge is 2.29. The first kappa shape index (κ1) is 14.3. The van der Waals surface area contributed by atoms with Crippen molar-refractivity contribution in [3.63, 3.8) is 0 Å². The fraction of sp³-hybridized carbons (Fsp3) is 0.462. The van der Waals surface area contributed by atoms with Crippen LogP contribution in [-0.2, 0) is 9.53 Å². The molecule has 1 saturated heterocycles. The molecule has 1 fully saturated rings. The van der Waals surface area contributed by atoms with Crippen LogP contribution in [-0.4, -0.2) is 31.8 Å². The van der Waals surface area contributed by atoms with Crippen LogP contribution in [0.4, 0.5) is 5.69 Å². The molecule has 0 aromatic heterocycles. The lowest BCUT2D eigenvalue weighted by molar-refractivity contribution is -0.126. The molecular weight excluding hydrogens is 312 g/mol. The number of anilines is 1. The third kappa shape index (κ3) is 3.68. The zero-order valence-electron chi connectivity index (χ0n) is 10.7. The van der Waals surface area contributed by atoms with Crippen molar-refractivity contribution in [1.29, 1.82) is 0 Å². The average molecular weight is 329 g/mol. The zero-order chi connectivity index (χ0) is 13.8. The van der Waals surface area contributed by atoms with Crippen molar-refractivity contribution in [2.45, 2.75) is 25.0 Å². The maximum Gasteiger partial charge on any atom is 0.253 e. The molecule has 0 saturated carbocycles. The lowest BCUT2D eigenvalue weighted by Gasteiger charge is -2.13. The Morgan fingerprint density at radius 3 is 2.95 bits per heavy atom. The highest BCUT2D eigenvalue weighted by molar-refractivity contribution is 9.10. The number of rotatable bonds is 4. The van der Waals surface area contributed by atoms with Gasteiger partial charge in [-0.15, -0.1) is 0 Å². The highest BCUT2D eigenvalue weighted by Crippen LogP contribution is 2.26. The lowest BCUT2D eigenvalue weighted by atomic mass is 10.2. The molecule has 1 aliphatic rings. The van der Waals surface area contributed by atoms with E-state index < -0.39 is 6.10 Å². The van der Waals surface area contributed by atoms with Crippen LogP contribution < -0.4 is 15.8 Å². The summed E-state index contributed by atoms with van der Waals surface area (Å²) >= 11 is 3.37. The summed E-state index contributed by atoms with van der Waals surface area (Å²) < 4.78 is 11.5. The monoisotopic (exact) mass is 328 g/mol. The number of hydrogen-bond acceptors (Lipinski definition) is 4. The first-order chi connectivity index (χ1) is 9.12. The van der Waals surface area contributed by atoms with Gasteiger partial charge in [-0.3, -0.25) is 4.79 Å². The molecule has 0 bridgehead atoms. The average Bonchev–Trinajstić information content (AvgIpc) is 2.86. The van der Waals surface area contributed by atoms with E-state index >= 15 is 0 Å². The van der Waals surface area contributed by atoms with Crippen molar-refractivity contribution >= 4 is 27.5 Å². The van der Waals surface area contributed by atoms with Crippen LogP contribution in [0.3, 0.4) is 0 Å². The quantitative estimate of drug-likeness (QED) is 0.885. The van der Waals surface area contributed by atoms with Crippen LogP contribution in [0.5, 0.6) is 5.75 Å². The van der Waals surface area contributed by atoms with Crippen molar-refractivity contribution in [1.82, 2.24) is 0 Å². The molecule has 1 aromatic rings. The summed E-state index contributed by atoms with van der Waals surface area (Å²) in [7, 11) is 1.58. The number of halogens is 1. The van der Waals surface area contributed by atoms with Gasteiger partial charge in [-0.2, -0.15) is 0 Å². The fourth-order valence-electron chi connectivity index (χ4n) is 2.05. The Morgan fingerprint density at radius 2 is 2.32 bits per heavy atom. The van der Waals surface area contributed by atoms with E-state index in [0.717, 1.165) is 10.9 Å². The summed E-state index contributed by atoms with van der Waals surface area (Å²) in [4.78, 5) is 12.1. The third-order valence-electron chi connectivity index (χ3n) is 3.04. The van der Waals surface area contributed by atoms with Gasteiger partial charge < -0.3 is 20.5 Å². The van der Waals surface area contributed by atoms with E-state index in [0.29, 0.717) is 24.4 Å². The summed E-state index contributed by atoms with van der Waals surface area (Å²) in [6.07, 6.45) is 1.11. The molecule has 104 valence electrons. The molecule has 19 heavy (non-hydrogen) atoms. The number of ether oxygens (including phenoxy) is 2. The Morgan fingerprint density at radius 1 is 1.53 bits per heavy atom. The van der Waals surface area contributed by atoms with Crippen LogP contribution in [0.15, 0.2) is 22.7 Å². The van der Waals surface area contributed by atoms with Gasteiger partial charge in [0.25, 0.3) is 5.91 Å². The van der Waals surface area contributed by atoms with Gasteiger partial charge in [0.2, 0.25) is 0 Å². The zero-order valence-corrected chi connectivity index (χ0v) is 12.3. The molecule has 2 unspecified atom stereocenters. The van der Waals surface area contributed by atoms with Gasteiger partial charge in [-0.1, -0.05) is 15.9 Å². The molecule has 2 atom stereocenters. The molecule has 1 aromatic carbocycles. The van der Waals surface area contributed by atoms with Crippen molar-refractivity contribution in [2.75, 3.05) is 19.0 Å². The molecule has 5 nitrogen and oxygen atoms in total. The number of nitrogens with one attached hydrogen (secondary N) is 1. The van der Waals surface area contributed by atoms with E-state index in [2.05, 4.69) is 21.2 Å². The van der Waals surface area contributed by atoms with Gasteiger partial charge in [-0.05, 0) is 25.0 Å². The smallest absolute Gasteiger partial charge is 0.253 e. The van der Waals surface area contributed by atoms with E-state index in [1.807, 2.05) is 12.1 Å². The van der Waals surface area contributed by atoms with Crippen LogP contribution >= 0.6 is 15.9 Å². The van der Waals surface area contributed by atoms with Gasteiger partial charge in [0.05, 0.1) is 13.2 Å².